The minimum Gasteiger partial charge on any atom is -0.457 e. The normalized spacial score (nSPS) is 17.5. The Morgan fingerprint density at radius 1 is 1.14 bits per heavy atom. The van der Waals surface area contributed by atoms with Crippen LogP contribution < -0.4 is 15.4 Å². The number of rotatable bonds is 3. The van der Waals surface area contributed by atoms with Gasteiger partial charge in [-0.25, -0.2) is 0 Å². The van der Waals surface area contributed by atoms with Crippen LogP contribution in [-0.4, -0.2) is 19.1 Å². The van der Waals surface area contributed by atoms with Crippen molar-refractivity contribution >= 4 is 5.69 Å². The second-order valence-electron chi connectivity index (χ2n) is 5.20. The fraction of sp³-hybridized carbons (Fsp3) is 0.235. The van der Waals surface area contributed by atoms with Gasteiger partial charge in [0.15, 0.2) is 0 Å². The van der Waals surface area contributed by atoms with Gasteiger partial charge in [0.2, 0.25) is 0 Å². The molecular weight excluding hydrogens is 262 g/mol. The van der Waals surface area contributed by atoms with Gasteiger partial charge < -0.3 is 15.4 Å². The molecule has 0 unspecified atom stereocenters. The van der Waals surface area contributed by atoms with E-state index in [1.54, 1.807) is 6.07 Å². The van der Waals surface area contributed by atoms with Gasteiger partial charge >= 0.3 is 0 Å². The Bertz CT molecular complexity index is 663. The minimum absolute atomic E-state index is 0.191. The molecule has 0 saturated carbocycles. The monoisotopic (exact) mass is 279 g/mol. The van der Waals surface area contributed by atoms with E-state index in [4.69, 9.17) is 10.5 Å². The summed E-state index contributed by atoms with van der Waals surface area (Å²) in [6.45, 7) is 1.70. The van der Waals surface area contributed by atoms with Crippen LogP contribution in [0.2, 0.25) is 0 Å². The Labute approximate surface area is 124 Å². The lowest BCUT2D eigenvalue weighted by Crippen LogP contribution is -2.26. The van der Waals surface area contributed by atoms with Crippen molar-refractivity contribution in [3.63, 3.8) is 0 Å². The molecule has 1 aliphatic heterocycles. The van der Waals surface area contributed by atoms with E-state index in [1.165, 1.54) is 0 Å². The molecule has 1 saturated heterocycles. The maximum absolute atomic E-state index is 9.37. The van der Waals surface area contributed by atoms with E-state index in [9.17, 15) is 5.26 Å². The molecule has 0 bridgehead atoms. The number of ether oxygens (including phenoxy) is 1. The van der Waals surface area contributed by atoms with E-state index in [1.807, 2.05) is 42.5 Å². The van der Waals surface area contributed by atoms with Crippen LogP contribution in [0.25, 0.3) is 0 Å². The van der Waals surface area contributed by atoms with Crippen LogP contribution in [0.4, 0.5) is 5.69 Å². The van der Waals surface area contributed by atoms with Gasteiger partial charge in [-0.05, 0) is 30.7 Å². The average molecular weight is 279 g/mol. The molecule has 0 aliphatic carbocycles. The van der Waals surface area contributed by atoms with E-state index < -0.39 is 0 Å². The van der Waals surface area contributed by atoms with Crippen molar-refractivity contribution in [2.24, 2.45) is 5.73 Å². The third-order valence-electron chi connectivity index (χ3n) is 3.63. The zero-order chi connectivity index (χ0) is 14.7. The second-order valence-corrected chi connectivity index (χ2v) is 5.20. The number of hydrogen-bond donors (Lipinski definition) is 1. The van der Waals surface area contributed by atoms with E-state index >= 15 is 0 Å². The molecule has 4 heteroatoms. The Kier molecular flexibility index (Phi) is 3.76. The summed E-state index contributed by atoms with van der Waals surface area (Å²) in [5, 5.41) is 9.37. The van der Waals surface area contributed by atoms with Crippen molar-refractivity contribution in [3.05, 3.63) is 54.1 Å². The van der Waals surface area contributed by atoms with E-state index in [-0.39, 0.29) is 6.04 Å². The van der Waals surface area contributed by atoms with Crippen LogP contribution in [0.5, 0.6) is 11.5 Å². The van der Waals surface area contributed by atoms with Gasteiger partial charge in [0.25, 0.3) is 0 Å². The number of nitrogens with zero attached hydrogens (tertiary/aromatic N) is 2. The molecule has 4 nitrogen and oxygen atoms in total. The van der Waals surface area contributed by atoms with Gasteiger partial charge in [0.05, 0.1) is 11.3 Å². The van der Waals surface area contributed by atoms with Crippen molar-refractivity contribution in [1.29, 1.82) is 5.26 Å². The molecule has 0 spiro atoms. The topological polar surface area (TPSA) is 62.3 Å². The third-order valence-corrected chi connectivity index (χ3v) is 3.63. The van der Waals surface area contributed by atoms with E-state index in [0.29, 0.717) is 11.3 Å². The van der Waals surface area contributed by atoms with Crippen LogP contribution in [0.15, 0.2) is 48.5 Å². The second kappa shape index (κ2) is 5.86. The fourth-order valence-corrected chi connectivity index (χ4v) is 2.57. The maximum atomic E-state index is 9.37. The van der Waals surface area contributed by atoms with Gasteiger partial charge in [-0.2, -0.15) is 5.26 Å². The molecule has 0 aromatic heterocycles. The molecule has 1 heterocycles. The summed E-state index contributed by atoms with van der Waals surface area (Å²) in [7, 11) is 0. The van der Waals surface area contributed by atoms with Crippen molar-refractivity contribution < 1.29 is 4.74 Å². The first kappa shape index (κ1) is 13.5. The predicted molar refractivity (Wildman–Crippen MR) is 82.5 cm³/mol. The smallest absolute Gasteiger partial charge is 0.128 e. The highest BCUT2D eigenvalue weighted by Crippen LogP contribution is 2.29. The molecule has 0 radical (unpaired) electrons. The van der Waals surface area contributed by atoms with E-state index in [2.05, 4.69) is 11.0 Å². The molecule has 1 atom stereocenters. The average Bonchev–Trinajstić information content (AvgIpc) is 2.94. The largest absolute Gasteiger partial charge is 0.457 e. The summed E-state index contributed by atoms with van der Waals surface area (Å²) >= 11 is 0. The SMILES string of the molecule is N#Cc1cc(Oc2ccccc2)ccc1N1CC[C@H](N)C1. The molecule has 106 valence electrons. The van der Waals surface area contributed by atoms with Crippen molar-refractivity contribution in [1.82, 2.24) is 0 Å². The lowest BCUT2D eigenvalue weighted by molar-refractivity contribution is 0.482. The lowest BCUT2D eigenvalue weighted by atomic mass is 10.1. The summed E-state index contributed by atoms with van der Waals surface area (Å²) in [5.41, 5.74) is 7.50. The first-order valence-electron chi connectivity index (χ1n) is 7.04. The standard InChI is InChI=1S/C17H17N3O/c18-11-13-10-16(21-15-4-2-1-3-5-15)6-7-17(13)20-9-8-14(19)12-20/h1-7,10,14H,8-9,12,19H2/t14-/m0/s1. The molecule has 21 heavy (non-hydrogen) atoms. The van der Waals surface area contributed by atoms with Crippen LogP contribution >= 0.6 is 0 Å². The van der Waals surface area contributed by atoms with Gasteiger partial charge in [-0.15, -0.1) is 0 Å². The zero-order valence-corrected chi connectivity index (χ0v) is 11.7. The summed E-state index contributed by atoms with van der Waals surface area (Å²) in [6.07, 6.45) is 0.965. The number of hydrogen-bond acceptors (Lipinski definition) is 4. The Balaban J connectivity index is 1.84. The Morgan fingerprint density at radius 2 is 1.95 bits per heavy atom. The van der Waals surface area contributed by atoms with Gasteiger partial charge in [0, 0.05) is 25.2 Å². The van der Waals surface area contributed by atoms with Crippen LogP contribution in [0.1, 0.15) is 12.0 Å². The molecule has 2 aromatic carbocycles. The highest BCUT2D eigenvalue weighted by molar-refractivity contribution is 5.62. The fourth-order valence-electron chi connectivity index (χ4n) is 2.57. The minimum atomic E-state index is 0.191. The first-order valence-corrected chi connectivity index (χ1v) is 7.04. The number of para-hydroxylation sites is 1. The number of nitrogens with two attached hydrogens (primary N) is 1. The molecule has 0 amide bonds. The predicted octanol–water partition coefficient (Wildman–Crippen LogP) is 2.89. The van der Waals surface area contributed by atoms with Gasteiger partial charge in [0.1, 0.15) is 17.6 Å². The lowest BCUT2D eigenvalue weighted by Gasteiger charge is -2.20. The summed E-state index contributed by atoms with van der Waals surface area (Å²) in [5.74, 6) is 1.43. The maximum Gasteiger partial charge on any atom is 0.128 e. The highest BCUT2D eigenvalue weighted by atomic mass is 16.5. The quantitative estimate of drug-likeness (QED) is 0.938. The van der Waals surface area contributed by atoms with Crippen LogP contribution in [0.3, 0.4) is 0 Å². The van der Waals surface area contributed by atoms with Crippen LogP contribution in [0, 0.1) is 11.3 Å². The van der Waals surface area contributed by atoms with E-state index in [0.717, 1.165) is 30.9 Å². The van der Waals surface area contributed by atoms with Gasteiger partial charge in [-0.3, -0.25) is 0 Å². The number of nitriles is 1. The first-order chi connectivity index (χ1) is 10.3. The van der Waals surface area contributed by atoms with Crippen LogP contribution in [-0.2, 0) is 0 Å². The molecular formula is C17H17N3O. The zero-order valence-electron chi connectivity index (χ0n) is 11.7. The summed E-state index contributed by atoms with van der Waals surface area (Å²) < 4.78 is 5.77. The van der Waals surface area contributed by atoms with Crippen molar-refractivity contribution in [2.75, 3.05) is 18.0 Å². The van der Waals surface area contributed by atoms with Gasteiger partial charge in [-0.1, -0.05) is 18.2 Å². The molecule has 1 fully saturated rings. The Morgan fingerprint density at radius 3 is 2.62 bits per heavy atom. The summed E-state index contributed by atoms with van der Waals surface area (Å²) in [4.78, 5) is 2.16. The highest BCUT2D eigenvalue weighted by Gasteiger charge is 2.21. The summed E-state index contributed by atoms with van der Waals surface area (Å²) in [6, 6.07) is 17.6. The molecule has 2 aromatic rings. The molecule has 1 aliphatic rings. The van der Waals surface area contributed by atoms with Crippen molar-refractivity contribution in [2.45, 2.75) is 12.5 Å². The third kappa shape index (κ3) is 2.99. The number of benzene rings is 2. The molecule has 2 N–H and O–H groups in total. The molecule has 3 rings (SSSR count). The number of anilines is 1. The van der Waals surface area contributed by atoms with Crippen molar-refractivity contribution in [3.8, 4) is 17.6 Å². The Hall–Kier alpha value is -2.51.